The van der Waals surface area contributed by atoms with Crippen molar-refractivity contribution in [1.82, 2.24) is 0 Å². The Labute approximate surface area is 361 Å². The minimum atomic E-state index is 0. The zero-order chi connectivity index (χ0) is 39.4. The van der Waals surface area contributed by atoms with Gasteiger partial charge in [-0.1, -0.05) is 205 Å². The van der Waals surface area contributed by atoms with Crippen LogP contribution < -0.4 is 0 Å². The van der Waals surface area contributed by atoms with E-state index in [9.17, 15) is 0 Å². The third-order valence-electron chi connectivity index (χ3n) is 15.6. The Morgan fingerprint density at radius 2 is 0.544 bits per heavy atom. The minimum absolute atomic E-state index is 0. The Kier molecular flexibility index (Phi) is 44.5. The van der Waals surface area contributed by atoms with E-state index in [-0.39, 0.29) is 21.9 Å². The zero-order valence-electron chi connectivity index (χ0n) is 41.4. The molecule has 0 aliphatic heterocycles. The average molecular weight is 815 g/mol. The number of rotatable bonds is 0. The van der Waals surface area contributed by atoms with E-state index in [2.05, 4.69) is 13.8 Å². The monoisotopic (exact) mass is 815 g/mol. The molecule has 11 unspecified atom stereocenters. The van der Waals surface area contributed by atoms with Crippen LogP contribution in [0.4, 0.5) is 0 Å². The van der Waals surface area contributed by atoms with E-state index in [0.29, 0.717) is 0 Å². The molecular weight excluding hydrogens is 701 g/mol. The summed E-state index contributed by atoms with van der Waals surface area (Å²) in [7, 11) is 0. The first-order valence-corrected chi connectivity index (χ1v) is 26.1. The van der Waals surface area contributed by atoms with Gasteiger partial charge in [0.05, 0.1) is 0 Å². The van der Waals surface area contributed by atoms with Crippen LogP contribution in [0.5, 0.6) is 0 Å². The van der Waals surface area contributed by atoms with Crippen LogP contribution in [0.3, 0.4) is 0 Å². The Bertz CT molecular complexity index is 788. The van der Waals surface area contributed by atoms with Crippen molar-refractivity contribution in [3.05, 3.63) is 0 Å². The van der Waals surface area contributed by atoms with Crippen molar-refractivity contribution in [2.45, 2.75) is 269 Å². The van der Waals surface area contributed by atoms with Crippen molar-refractivity contribution < 1.29 is 21.9 Å². The van der Waals surface area contributed by atoms with Gasteiger partial charge in [0.1, 0.15) is 0 Å². The molecule has 8 N–H and O–H groups in total. The second kappa shape index (κ2) is 39.9. The third-order valence-corrected chi connectivity index (χ3v) is 15.6. The standard InChI is InChI=1S/2C16H28.C11H20.5C2H6.4H2O/c1-12-6-8-15-11-13(10-12)7-9-14-4-2-3-5-16(14)15;1-12-6-7-16-11-14-5-3-2-4-13(14)8-9-15(16)10-12;1-2-6-10-8-4-5-9-11(10)7-3-1;5*1-2;;;;/h2*12-16H,2-11H2,1H3;10-11H,1-9H2;5*1-2H3;4*1H2/t;12?,13?,14-,15?,16?;;;;;;;;;;/m.0........../s1. The van der Waals surface area contributed by atoms with Gasteiger partial charge < -0.3 is 21.9 Å². The lowest BCUT2D eigenvalue weighted by Crippen LogP contribution is -2.25. The summed E-state index contributed by atoms with van der Waals surface area (Å²) < 4.78 is 0. The summed E-state index contributed by atoms with van der Waals surface area (Å²) in [6.07, 6.45) is 45.2. The van der Waals surface area contributed by atoms with Gasteiger partial charge in [-0.05, 0) is 135 Å². The second-order valence-electron chi connectivity index (χ2n) is 18.6. The Morgan fingerprint density at radius 1 is 0.228 bits per heavy atom. The van der Waals surface area contributed by atoms with Crippen molar-refractivity contribution in [2.75, 3.05) is 0 Å². The molecular formula is C53H114O4. The highest BCUT2D eigenvalue weighted by Crippen LogP contribution is 2.50. The van der Waals surface area contributed by atoms with E-state index in [1.807, 2.05) is 69.2 Å². The van der Waals surface area contributed by atoms with Gasteiger partial charge in [-0.2, -0.15) is 0 Å². The highest BCUT2D eigenvalue weighted by Gasteiger charge is 2.39. The highest BCUT2D eigenvalue weighted by molar-refractivity contribution is 4.90. The van der Waals surface area contributed by atoms with Gasteiger partial charge in [0.25, 0.3) is 0 Å². The smallest absolute Gasteiger partial charge is 0.0357 e. The van der Waals surface area contributed by atoms with E-state index < -0.39 is 0 Å². The van der Waals surface area contributed by atoms with Crippen LogP contribution in [0.25, 0.3) is 0 Å². The molecule has 8 fully saturated rings. The molecule has 8 aliphatic carbocycles. The lowest BCUT2D eigenvalue weighted by atomic mass is 9.70. The minimum Gasteiger partial charge on any atom is -0.412 e. The van der Waals surface area contributed by atoms with E-state index >= 15 is 0 Å². The van der Waals surface area contributed by atoms with Crippen LogP contribution in [-0.2, 0) is 0 Å². The van der Waals surface area contributed by atoms with Crippen molar-refractivity contribution in [1.29, 1.82) is 0 Å². The van der Waals surface area contributed by atoms with Crippen LogP contribution in [0.15, 0.2) is 0 Å². The highest BCUT2D eigenvalue weighted by atomic mass is 16.0. The molecule has 0 amide bonds. The van der Waals surface area contributed by atoms with E-state index in [1.54, 1.807) is 116 Å². The summed E-state index contributed by atoms with van der Waals surface area (Å²) in [4.78, 5) is 0. The van der Waals surface area contributed by atoms with Crippen LogP contribution in [0.1, 0.15) is 269 Å². The molecule has 0 radical (unpaired) electrons. The van der Waals surface area contributed by atoms with Gasteiger partial charge >= 0.3 is 0 Å². The molecule has 0 spiro atoms. The van der Waals surface area contributed by atoms with Gasteiger partial charge in [0.15, 0.2) is 0 Å². The third kappa shape index (κ3) is 22.5. The lowest BCUT2D eigenvalue weighted by Gasteiger charge is -2.35. The number of hydrogen-bond donors (Lipinski definition) is 0. The molecule has 57 heavy (non-hydrogen) atoms. The fourth-order valence-corrected chi connectivity index (χ4v) is 13.2. The van der Waals surface area contributed by atoms with E-state index in [4.69, 9.17) is 0 Å². The van der Waals surface area contributed by atoms with Crippen molar-refractivity contribution in [2.24, 2.45) is 71.0 Å². The maximum Gasteiger partial charge on any atom is -0.0357 e. The molecule has 0 aromatic carbocycles. The largest absolute Gasteiger partial charge is 0.412 e. The molecule has 2 bridgehead atoms. The Hall–Kier alpha value is -0.160. The molecule has 4 nitrogen and oxygen atoms in total. The van der Waals surface area contributed by atoms with Gasteiger partial charge in [-0.15, -0.1) is 0 Å². The summed E-state index contributed by atoms with van der Waals surface area (Å²) in [5, 5.41) is 0. The normalized spacial score (nSPS) is 35.6. The summed E-state index contributed by atoms with van der Waals surface area (Å²) in [6.45, 7) is 25.0. The van der Waals surface area contributed by atoms with Gasteiger partial charge in [-0.3, -0.25) is 0 Å². The molecule has 350 valence electrons. The summed E-state index contributed by atoms with van der Waals surface area (Å²) in [5.74, 6) is 13.4. The second-order valence-corrected chi connectivity index (χ2v) is 18.6. The predicted molar refractivity (Wildman–Crippen MR) is 258 cm³/mol. The summed E-state index contributed by atoms with van der Waals surface area (Å²) >= 11 is 0. The Balaban J connectivity index is -0.000000326. The van der Waals surface area contributed by atoms with Crippen molar-refractivity contribution in [3.63, 3.8) is 0 Å². The first-order chi connectivity index (χ1) is 26.1. The van der Waals surface area contributed by atoms with E-state index in [0.717, 1.165) is 71.0 Å². The topological polar surface area (TPSA) is 126 Å². The van der Waals surface area contributed by atoms with Crippen LogP contribution in [0, 0.1) is 71.0 Å². The Morgan fingerprint density at radius 3 is 1.07 bits per heavy atom. The quantitative estimate of drug-likeness (QED) is 0.231. The molecule has 0 aromatic heterocycles. The lowest BCUT2D eigenvalue weighted by molar-refractivity contribution is 0.153. The SMILES string of the molecule is C1CCC2CCCCC2CC1.CC.CC.CC.CC.CC.CC1CCC2CC(CCC3CCCCC32)C1.CC1CCC2C[C@@H]3CCCCC3CCC2C1.O.O.O.O. The van der Waals surface area contributed by atoms with E-state index in [1.165, 1.54) is 70.6 Å². The van der Waals surface area contributed by atoms with Gasteiger partial charge in [0, 0.05) is 0 Å². The maximum atomic E-state index is 2.50. The molecule has 12 atom stereocenters. The molecule has 8 rings (SSSR count). The van der Waals surface area contributed by atoms with Crippen molar-refractivity contribution in [3.8, 4) is 0 Å². The fourth-order valence-electron chi connectivity index (χ4n) is 13.2. The zero-order valence-corrected chi connectivity index (χ0v) is 41.4. The number of fused-ring (bicyclic) bond motifs is 7. The molecule has 0 aromatic rings. The number of hydrogen-bond acceptors (Lipinski definition) is 0. The fraction of sp³-hybridized carbons (Fsp3) is 1.00. The summed E-state index contributed by atoms with van der Waals surface area (Å²) in [6, 6.07) is 0. The van der Waals surface area contributed by atoms with Crippen LogP contribution in [-0.4, -0.2) is 21.9 Å². The van der Waals surface area contributed by atoms with Crippen molar-refractivity contribution >= 4 is 0 Å². The first kappa shape index (κ1) is 63.5. The molecule has 8 aliphatic rings. The average Bonchev–Trinajstić information content (AvgIpc) is 3.74. The molecule has 0 heterocycles. The molecule has 4 heteroatoms. The van der Waals surface area contributed by atoms with Gasteiger partial charge in [0.2, 0.25) is 0 Å². The van der Waals surface area contributed by atoms with Crippen LogP contribution >= 0.6 is 0 Å². The maximum absolute atomic E-state index is 2.50. The predicted octanol–water partition coefficient (Wildman–Crippen LogP) is 15.6. The van der Waals surface area contributed by atoms with Crippen LogP contribution in [0.2, 0.25) is 0 Å². The van der Waals surface area contributed by atoms with Gasteiger partial charge in [-0.25, -0.2) is 0 Å². The molecule has 8 saturated carbocycles. The molecule has 0 saturated heterocycles. The summed E-state index contributed by atoms with van der Waals surface area (Å²) in [5.41, 5.74) is 0. The first-order valence-electron chi connectivity index (χ1n) is 26.1.